The van der Waals surface area contributed by atoms with Crippen molar-refractivity contribution in [3.63, 3.8) is 0 Å². The van der Waals surface area contributed by atoms with Crippen molar-refractivity contribution < 1.29 is 84.0 Å². The summed E-state index contributed by atoms with van der Waals surface area (Å²) in [6.07, 6.45) is -19.5. The van der Waals surface area contributed by atoms with E-state index < -0.39 is 96.0 Å². The number of aliphatic hydroxyl groups excluding tert-OH is 6. The minimum absolute atomic E-state index is 0.0562. The van der Waals surface area contributed by atoms with Gasteiger partial charge in [-0.15, -0.1) is 0 Å². The van der Waals surface area contributed by atoms with Crippen LogP contribution in [-0.4, -0.2) is 124 Å². The number of ether oxygens (including phenoxy) is 4. The second-order valence-corrected chi connectivity index (χ2v) is 10.2. The molecule has 0 spiro atoms. The number of hydrogen-bond acceptors (Lipinski definition) is 16. The number of carboxylic acids is 2. The Morgan fingerprint density at radius 2 is 1.22 bits per heavy atom. The number of carboxylic acid groups (broad SMARTS) is 2. The quantitative estimate of drug-likeness (QED) is 0.127. The smallest absolute Gasteiger partial charge is 0.335 e. The molecule has 3 heterocycles. The molecular formula is C27H26O18. The van der Waals surface area contributed by atoms with Gasteiger partial charge in [0.05, 0.1) is 0 Å². The first-order valence-electron chi connectivity index (χ1n) is 13.0. The van der Waals surface area contributed by atoms with E-state index in [0.717, 1.165) is 30.3 Å². The number of aliphatic carboxylic acids is 2. The molecule has 18 heteroatoms. The van der Waals surface area contributed by atoms with Crippen molar-refractivity contribution in [3.05, 3.63) is 46.6 Å². The summed E-state index contributed by atoms with van der Waals surface area (Å²) in [5.74, 6) is -5.45. The van der Waals surface area contributed by atoms with Crippen LogP contribution in [0.25, 0.3) is 22.3 Å². The summed E-state index contributed by atoms with van der Waals surface area (Å²) in [5.41, 5.74) is -1.01. The van der Waals surface area contributed by atoms with Crippen molar-refractivity contribution in [1.29, 1.82) is 0 Å². The Kier molecular flexibility index (Phi) is 8.58. The number of aromatic hydroxyl groups is 2. The lowest BCUT2D eigenvalue weighted by molar-refractivity contribution is -0.271. The minimum atomic E-state index is -1.99. The molecule has 2 saturated heterocycles. The maximum atomic E-state index is 12.9. The van der Waals surface area contributed by atoms with Gasteiger partial charge in [0.15, 0.2) is 29.1 Å². The van der Waals surface area contributed by atoms with Crippen molar-refractivity contribution >= 4 is 22.9 Å². The van der Waals surface area contributed by atoms with E-state index in [1.54, 1.807) is 0 Å². The Labute approximate surface area is 249 Å². The largest absolute Gasteiger partial charge is 0.507 e. The van der Waals surface area contributed by atoms with Gasteiger partial charge in [-0.05, 0) is 18.2 Å². The van der Waals surface area contributed by atoms with E-state index in [2.05, 4.69) is 0 Å². The number of rotatable bonds is 7. The topological polar surface area (TPSA) is 304 Å². The molecule has 45 heavy (non-hydrogen) atoms. The van der Waals surface area contributed by atoms with Gasteiger partial charge in [-0.2, -0.15) is 0 Å². The molecule has 5 rings (SSSR count). The van der Waals surface area contributed by atoms with E-state index >= 15 is 0 Å². The summed E-state index contributed by atoms with van der Waals surface area (Å²) >= 11 is 0. The highest BCUT2D eigenvalue weighted by molar-refractivity contribution is 5.86. The number of fused-ring (bicyclic) bond motifs is 1. The lowest BCUT2D eigenvalue weighted by Gasteiger charge is -2.38. The van der Waals surface area contributed by atoms with E-state index in [9.17, 15) is 65.4 Å². The molecule has 0 amide bonds. The predicted molar refractivity (Wildman–Crippen MR) is 141 cm³/mol. The van der Waals surface area contributed by atoms with Gasteiger partial charge in [-0.25, -0.2) is 9.59 Å². The van der Waals surface area contributed by atoms with Crippen molar-refractivity contribution in [2.45, 2.75) is 61.4 Å². The van der Waals surface area contributed by atoms with Crippen LogP contribution in [-0.2, 0) is 19.1 Å². The van der Waals surface area contributed by atoms with E-state index in [1.165, 1.54) is 6.07 Å². The van der Waals surface area contributed by atoms with Gasteiger partial charge in [-0.1, -0.05) is 0 Å². The lowest BCUT2D eigenvalue weighted by Crippen LogP contribution is -2.61. The fraction of sp³-hybridized carbons (Fsp3) is 0.370. The summed E-state index contributed by atoms with van der Waals surface area (Å²) in [6.45, 7) is 0. The Hall–Kier alpha value is -4.53. The van der Waals surface area contributed by atoms with Crippen molar-refractivity contribution in [3.8, 4) is 34.3 Å². The van der Waals surface area contributed by atoms with E-state index in [1.807, 2.05) is 0 Å². The van der Waals surface area contributed by atoms with Crippen LogP contribution in [0.5, 0.6) is 23.0 Å². The third-order valence-corrected chi connectivity index (χ3v) is 7.15. The van der Waals surface area contributed by atoms with Crippen molar-refractivity contribution in [2.24, 2.45) is 0 Å². The SMILES string of the molecule is O=C(O)C1O[C@@H](Oc2cc(O)c3c(=O)cc(-c4ccc(O)c(O[C@@H]5OC(C(=O)O)[C@@H](O)[C@H](O)C5O)c4)oc3c2)C(O)[C@@H](O)[C@@H]1O. The standard InChI is InChI=1S/C27H26O18/c28-9-2-1-7(3-13(9)43-27-21(36)17(32)19(34)23(45-27)25(39)40)12-6-11(30)15-10(29)4-8(5-14(15)42-12)41-26-20(35)16(31)18(33)22(44-26)24(37)38/h1-6,16-23,26-29,31-36H,(H,37,38)(H,39,40)/t16-,17-,18-,19-,20?,21?,22?,23?,26+,27+/m0/s1. The Balaban J connectivity index is 1.46. The van der Waals surface area contributed by atoms with Crippen LogP contribution >= 0.6 is 0 Å². The maximum Gasteiger partial charge on any atom is 0.335 e. The van der Waals surface area contributed by atoms with Crippen LogP contribution in [0.4, 0.5) is 0 Å². The number of phenols is 2. The van der Waals surface area contributed by atoms with Crippen LogP contribution in [0.3, 0.4) is 0 Å². The minimum Gasteiger partial charge on any atom is -0.507 e. The summed E-state index contributed by atoms with van der Waals surface area (Å²) in [7, 11) is 0. The van der Waals surface area contributed by atoms with Gasteiger partial charge in [0.1, 0.15) is 64.9 Å². The molecule has 2 aliphatic heterocycles. The van der Waals surface area contributed by atoms with Crippen molar-refractivity contribution in [2.75, 3.05) is 0 Å². The molecule has 3 aromatic rings. The average molecular weight is 638 g/mol. The van der Waals surface area contributed by atoms with Gasteiger partial charge >= 0.3 is 11.9 Å². The Morgan fingerprint density at radius 3 is 1.78 bits per heavy atom. The first-order chi connectivity index (χ1) is 21.2. The van der Waals surface area contributed by atoms with Crippen LogP contribution in [0.1, 0.15) is 0 Å². The Morgan fingerprint density at radius 1 is 0.667 bits per heavy atom. The van der Waals surface area contributed by atoms with E-state index in [4.69, 9.17) is 23.4 Å². The lowest BCUT2D eigenvalue weighted by atomic mass is 9.99. The first-order valence-corrected chi connectivity index (χ1v) is 13.0. The zero-order valence-corrected chi connectivity index (χ0v) is 22.5. The zero-order chi connectivity index (χ0) is 32.9. The molecule has 0 saturated carbocycles. The average Bonchev–Trinajstić information content (AvgIpc) is 2.97. The molecule has 0 radical (unpaired) electrons. The molecule has 10 N–H and O–H groups in total. The van der Waals surface area contributed by atoms with Gasteiger partial charge in [0.25, 0.3) is 0 Å². The van der Waals surface area contributed by atoms with Crippen LogP contribution < -0.4 is 14.9 Å². The van der Waals surface area contributed by atoms with Gasteiger partial charge in [-0.3, -0.25) is 4.79 Å². The number of carbonyl (C=O) groups is 2. The zero-order valence-electron chi connectivity index (χ0n) is 22.5. The molecule has 0 bridgehead atoms. The molecule has 10 atom stereocenters. The molecule has 4 unspecified atom stereocenters. The highest BCUT2D eigenvalue weighted by Crippen LogP contribution is 2.37. The van der Waals surface area contributed by atoms with Crippen LogP contribution in [0.15, 0.2) is 45.6 Å². The van der Waals surface area contributed by atoms with Crippen LogP contribution in [0, 0.1) is 0 Å². The second kappa shape index (κ2) is 12.1. The maximum absolute atomic E-state index is 12.9. The molecule has 0 aliphatic carbocycles. The van der Waals surface area contributed by atoms with Gasteiger partial charge < -0.3 is 74.4 Å². The molecule has 18 nitrogen and oxygen atoms in total. The summed E-state index contributed by atoms with van der Waals surface area (Å²) in [4.78, 5) is 35.7. The fourth-order valence-corrected chi connectivity index (χ4v) is 4.77. The van der Waals surface area contributed by atoms with Crippen molar-refractivity contribution in [1.82, 2.24) is 0 Å². The number of aliphatic hydroxyl groups is 6. The predicted octanol–water partition coefficient (Wildman–Crippen LogP) is -2.59. The molecule has 2 fully saturated rings. The first kappa shape index (κ1) is 31.9. The molecule has 2 aliphatic rings. The molecule has 2 aromatic carbocycles. The number of phenolic OH excluding ortho intramolecular Hbond substituents is 2. The van der Waals surface area contributed by atoms with Gasteiger partial charge in [0.2, 0.25) is 12.6 Å². The summed E-state index contributed by atoms with van der Waals surface area (Å²) < 4.78 is 26.7. The van der Waals surface area contributed by atoms with E-state index in [0.29, 0.717) is 0 Å². The number of hydrogen-bond donors (Lipinski definition) is 10. The van der Waals surface area contributed by atoms with Gasteiger partial charge in [0, 0.05) is 23.8 Å². The third kappa shape index (κ3) is 5.95. The third-order valence-electron chi connectivity index (χ3n) is 7.15. The number of benzene rings is 2. The normalized spacial score (nSPS) is 31.8. The fourth-order valence-electron chi connectivity index (χ4n) is 4.77. The highest BCUT2D eigenvalue weighted by Gasteiger charge is 2.49. The van der Waals surface area contributed by atoms with E-state index in [-0.39, 0.29) is 28.0 Å². The summed E-state index contributed by atoms with van der Waals surface area (Å²) in [6, 6.07) is 6.43. The second-order valence-electron chi connectivity index (χ2n) is 10.2. The Bertz CT molecular complexity index is 1670. The molecular weight excluding hydrogens is 612 g/mol. The van der Waals surface area contributed by atoms with Crippen LogP contribution in [0.2, 0.25) is 0 Å². The monoisotopic (exact) mass is 638 g/mol. The highest BCUT2D eigenvalue weighted by atomic mass is 16.7. The molecule has 242 valence electrons. The summed E-state index contributed by atoms with van der Waals surface area (Å²) in [5, 5.41) is 99.3. The molecule has 1 aromatic heterocycles.